The summed E-state index contributed by atoms with van der Waals surface area (Å²) >= 11 is 1.48. The number of rotatable bonds is 10. The van der Waals surface area contributed by atoms with E-state index in [0.29, 0.717) is 5.56 Å². The van der Waals surface area contributed by atoms with Crippen molar-refractivity contribution in [1.29, 1.82) is 0 Å². The van der Waals surface area contributed by atoms with Crippen molar-refractivity contribution in [3.8, 4) is 11.5 Å². The van der Waals surface area contributed by atoms with Gasteiger partial charge in [-0.1, -0.05) is 24.3 Å². The van der Waals surface area contributed by atoms with E-state index in [9.17, 15) is 22.8 Å². The van der Waals surface area contributed by atoms with Crippen LogP contribution in [0.5, 0.6) is 11.5 Å². The summed E-state index contributed by atoms with van der Waals surface area (Å²) < 4.78 is 51.2. The Hall–Kier alpha value is -3.33. The van der Waals surface area contributed by atoms with Gasteiger partial charge in [0, 0.05) is 12.5 Å². The quantitative estimate of drug-likeness (QED) is 0.343. The molecule has 0 fully saturated rings. The molecule has 1 aromatic heterocycles. The van der Waals surface area contributed by atoms with E-state index in [4.69, 9.17) is 14.6 Å². The van der Waals surface area contributed by atoms with Gasteiger partial charge in [-0.3, -0.25) is 9.59 Å². The summed E-state index contributed by atoms with van der Waals surface area (Å²) in [6.45, 7) is 1.98. The van der Waals surface area contributed by atoms with Gasteiger partial charge in [0.25, 0.3) is 5.78 Å². The molecule has 0 aliphatic heterocycles. The molecule has 2 aromatic carbocycles. The molecule has 1 heterocycles. The topological polar surface area (TPSA) is 72.8 Å². The lowest BCUT2D eigenvalue weighted by Crippen LogP contribution is -2.24. The molecule has 0 aliphatic carbocycles. The fourth-order valence-corrected chi connectivity index (χ4v) is 3.86. The first-order chi connectivity index (χ1) is 15.6. The maximum Gasteiger partial charge on any atom is 0.455 e. The summed E-state index contributed by atoms with van der Waals surface area (Å²) in [5, 5.41) is 12.9. The van der Waals surface area contributed by atoms with E-state index in [1.54, 1.807) is 31.2 Å². The van der Waals surface area contributed by atoms with E-state index in [1.807, 2.05) is 16.8 Å². The number of benzene rings is 2. The predicted molar refractivity (Wildman–Crippen MR) is 117 cm³/mol. The second-order valence-electron chi connectivity index (χ2n) is 7.30. The van der Waals surface area contributed by atoms with E-state index in [-0.39, 0.29) is 30.9 Å². The molecule has 0 amide bonds. The van der Waals surface area contributed by atoms with Crippen LogP contribution in [0.3, 0.4) is 0 Å². The largest absolute Gasteiger partial charge is 0.489 e. The van der Waals surface area contributed by atoms with Crippen molar-refractivity contribution in [3.05, 3.63) is 81.5 Å². The highest BCUT2D eigenvalue weighted by Gasteiger charge is 2.41. The number of aliphatic carboxylic acids is 1. The van der Waals surface area contributed by atoms with Crippen LogP contribution in [0.15, 0.2) is 59.3 Å². The fourth-order valence-electron chi connectivity index (χ4n) is 3.21. The third-order valence-corrected chi connectivity index (χ3v) is 5.60. The number of hydrogen-bond acceptors (Lipinski definition) is 5. The third kappa shape index (κ3) is 6.58. The Morgan fingerprint density at radius 1 is 1.12 bits per heavy atom. The van der Waals surface area contributed by atoms with E-state index in [1.165, 1.54) is 23.5 Å². The summed E-state index contributed by atoms with van der Waals surface area (Å²) in [4.78, 5) is 23.2. The second kappa shape index (κ2) is 10.5. The van der Waals surface area contributed by atoms with E-state index >= 15 is 0 Å². The van der Waals surface area contributed by atoms with Crippen molar-refractivity contribution >= 4 is 23.1 Å². The SMILES string of the molecule is Cc1ccccc1C(CCC(=O)O)Oc1cc(OCc2ccsc2)ccc1C(=O)C(F)(F)F. The van der Waals surface area contributed by atoms with Crippen LogP contribution in [0, 0.1) is 6.92 Å². The number of ketones is 1. The monoisotopic (exact) mass is 478 g/mol. The molecular formula is C24H21F3O5S. The predicted octanol–water partition coefficient (Wildman–Crippen LogP) is 6.37. The highest BCUT2D eigenvalue weighted by molar-refractivity contribution is 7.07. The molecule has 0 aliphatic rings. The maximum absolute atomic E-state index is 13.2. The van der Waals surface area contributed by atoms with Crippen molar-refractivity contribution < 1.29 is 37.3 Å². The Morgan fingerprint density at radius 3 is 2.52 bits per heavy atom. The normalized spacial score (nSPS) is 12.2. The van der Waals surface area contributed by atoms with Crippen LogP contribution in [0.25, 0.3) is 0 Å². The third-order valence-electron chi connectivity index (χ3n) is 4.87. The van der Waals surface area contributed by atoms with Gasteiger partial charge in [0.15, 0.2) is 0 Å². The Balaban J connectivity index is 1.97. The number of halogens is 3. The molecule has 3 aromatic rings. The summed E-state index contributed by atoms with van der Waals surface area (Å²) in [6, 6.07) is 12.4. The molecule has 174 valence electrons. The number of aryl methyl sites for hydroxylation is 1. The average Bonchev–Trinajstić information content (AvgIpc) is 3.28. The smallest absolute Gasteiger partial charge is 0.455 e. The zero-order valence-electron chi connectivity index (χ0n) is 17.6. The Bertz CT molecular complexity index is 1110. The van der Waals surface area contributed by atoms with Gasteiger partial charge >= 0.3 is 12.1 Å². The van der Waals surface area contributed by atoms with Crippen LogP contribution in [0.1, 0.15) is 46.0 Å². The Labute approximate surface area is 192 Å². The number of carboxylic acids is 1. The van der Waals surface area contributed by atoms with Gasteiger partial charge in [-0.2, -0.15) is 24.5 Å². The average molecular weight is 478 g/mol. The number of carboxylic acid groups (broad SMARTS) is 1. The minimum Gasteiger partial charge on any atom is -0.489 e. The second-order valence-corrected chi connectivity index (χ2v) is 8.08. The first kappa shape index (κ1) is 24.3. The summed E-state index contributed by atoms with van der Waals surface area (Å²) in [6.07, 6.45) is -6.25. The van der Waals surface area contributed by atoms with Crippen LogP contribution in [-0.4, -0.2) is 23.0 Å². The lowest BCUT2D eigenvalue weighted by atomic mass is 9.99. The molecule has 3 rings (SSSR count). The zero-order valence-corrected chi connectivity index (χ0v) is 18.4. The van der Waals surface area contributed by atoms with Gasteiger partial charge in [0.1, 0.15) is 24.2 Å². The lowest BCUT2D eigenvalue weighted by molar-refractivity contribution is -0.137. The molecule has 33 heavy (non-hydrogen) atoms. The molecule has 1 atom stereocenters. The van der Waals surface area contributed by atoms with Gasteiger partial charge in [0.05, 0.1) is 5.56 Å². The van der Waals surface area contributed by atoms with Crippen LogP contribution >= 0.6 is 11.3 Å². The molecule has 1 unspecified atom stereocenters. The number of alkyl halides is 3. The van der Waals surface area contributed by atoms with Gasteiger partial charge in [-0.15, -0.1) is 0 Å². The Kier molecular flexibility index (Phi) is 7.75. The molecule has 0 saturated carbocycles. The molecule has 1 N–H and O–H groups in total. The molecule has 9 heteroatoms. The lowest BCUT2D eigenvalue weighted by Gasteiger charge is -2.23. The van der Waals surface area contributed by atoms with Crippen molar-refractivity contribution in [3.63, 3.8) is 0 Å². The standard InChI is InChI=1S/C24H21F3O5S/c1-15-4-2-3-5-18(15)20(8-9-22(28)29)32-21-12-17(31-13-16-10-11-33-14-16)6-7-19(21)23(30)24(25,26)27/h2-7,10-12,14,20H,8-9,13H2,1H3,(H,28,29). The van der Waals surface area contributed by atoms with E-state index in [0.717, 1.165) is 17.2 Å². The number of ether oxygens (including phenoxy) is 2. The minimum atomic E-state index is -5.10. The molecule has 0 bridgehead atoms. The van der Waals surface area contributed by atoms with Crippen LogP contribution in [0.2, 0.25) is 0 Å². The van der Waals surface area contributed by atoms with Crippen molar-refractivity contribution in [2.75, 3.05) is 0 Å². The highest BCUT2D eigenvalue weighted by atomic mass is 32.1. The number of carbonyl (C=O) groups is 2. The minimum absolute atomic E-state index is 0.000175. The van der Waals surface area contributed by atoms with Crippen LogP contribution in [-0.2, 0) is 11.4 Å². The number of Topliss-reactive ketones (excluding diaryl/α,β-unsaturated/α-hetero) is 1. The zero-order chi connectivity index (χ0) is 24.0. The van der Waals surface area contributed by atoms with Gasteiger partial charge in [-0.25, -0.2) is 0 Å². The summed E-state index contributed by atoms with van der Waals surface area (Å²) in [5.41, 5.74) is 1.62. The molecule has 5 nitrogen and oxygen atoms in total. The molecule has 0 radical (unpaired) electrons. The first-order valence-electron chi connectivity index (χ1n) is 9.98. The number of thiophene rings is 1. The molecule has 0 saturated heterocycles. The van der Waals surface area contributed by atoms with E-state index < -0.39 is 29.6 Å². The number of hydrogen-bond donors (Lipinski definition) is 1. The maximum atomic E-state index is 13.2. The summed E-state index contributed by atoms with van der Waals surface area (Å²) in [5.74, 6) is -3.23. The first-order valence-corrected chi connectivity index (χ1v) is 10.9. The number of carbonyl (C=O) groups excluding carboxylic acids is 1. The van der Waals surface area contributed by atoms with Crippen molar-refractivity contribution in [1.82, 2.24) is 0 Å². The van der Waals surface area contributed by atoms with Crippen molar-refractivity contribution in [2.24, 2.45) is 0 Å². The van der Waals surface area contributed by atoms with Gasteiger partial charge in [0.2, 0.25) is 0 Å². The Morgan fingerprint density at radius 2 is 1.88 bits per heavy atom. The van der Waals surface area contributed by atoms with Gasteiger partial charge < -0.3 is 14.6 Å². The van der Waals surface area contributed by atoms with Gasteiger partial charge in [-0.05, 0) is 59.0 Å². The van der Waals surface area contributed by atoms with Crippen molar-refractivity contribution in [2.45, 2.75) is 38.7 Å². The molecule has 0 spiro atoms. The fraction of sp³-hybridized carbons (Fsp3) is 0.250. The van der Waals surface area contributed by atoms with E-state index in [2.05, 4.69) is 0 Å². The summed E-state index contributed by atoms with van der Waals surface area (Å²) in [7, 11) is 0. The highest BCUT2D eigenvalue weighted by Crippen LogP contribution is 2.36. The molecular weight excluding hydrogens is 457 g/mol. The van der Waals surface area contributed by atoms with Crippen LogP contribution in [0.4, 0.5) is 13.2 Å². The van der Waals surface area contributed by atoms with Crippen LogP contribution < -0.4 is 9.47 Å².